The lowest BCUT2D eigenvalue weighted by Crippen LogP contribution is -2.60. The Morgan fingerprint density at radius 3 is 2.11 bits per heavy atom. The monoisotopic (exact) mass is 624 g/mol. The quantitative estimate of drug-likeness (QED) is 0.135. The molecule has 2 aliphatic rings. The number of phenolic OH excluding ortho intramolecular Hbond substituents is 2. The van der Waals surface area contributed by atoms with Crippen molar-refractivity contribution in [2.75, 3.05) is 27.4 Å². The van der Waals surface area contributed by atoms with Gasteiger partial charge in [-0.3, -0.25) is 4.79 Å². The number of phenols is 2. The minimum Gasteiger partial charge on any atom is -0.507 e. The van der Waals surface area contributed by atoms with E-state index in [2.05, 4.69) is 0 Å². The first-order valence-corrected chi connectivity index (χ1v) is 13.3. The van der Waals surface area contributed by atoms with Crippen LogP contribution >= 0.6 is 0 Å². The molecule has 16 nitrogen and oxygen atoms in total. The van der Waals surface area contributed by atoms with Crippen LogP contribution in [0.3, 0.4) is 0 Å². The van der Waals surface area contributed by atoms with Crippen molar-refractivity contribution in [2.24, 2.45) is 0 Å². The van der Waals surface area contributed by atoms with Gasteiger partial charge in [0, 0.05) is 17.7 Å². The minimum absolute atomic E-state index is 0.0888. The number of aliphatic hydroxyl groups excluding tert-OH is 6. The predicted molar refractivity (Wildman–Crippen MR) is 145 cm³/mol. The Kier molecular flexibility index (Phi) is 9.17. The topological polar surface area (TPSA) is 247 Å². The van der Waals surface area contributed by atoms with Crippen molar-refractivity contribution in [3.63, 3.8) is 0 Å². The Balaban J connectivity index is 1.41. The van der Waals surface area contributed by atoms with E-state index >= 15 is 0 Å². The third-order valence-corrected chi connectivity index (χ3v) is 7.40. The van der Waals surface area contributed by atoms with Crippen LogP contribution in [0, 0.1) is 0 Å². The highest BCUT2D eigenvalue weighted by Crippen LogP contribution is 2.39. The molecule has 240 valence electrons. The highest BCUT2D eigenvalue weighted by molar-refractivity contribution is 5.88. The first-order valence-electron chi connectivity index (χ1n) is 13.3. The SMILES string of the molecule is COc1ccc(-c2oc3cc(OC4OC(COC5OC(CO)C(O)C5O)C(O)C(O)C4O)cc(O)c3c(=O)c2OC)cc1O. The fourth-order valence-electron chi connectivity index (χ4n) is 5.01. The van der Waals surface area contributed by atoms with Crippen LogP contribution in [0.25, 0.3) is 22.3 Å². The largest absolute Gasteiger partial charge is 0.507 e. The van der Waals surface area contributed by atoms with Crippen LogP contribution < -0.4 is 19.6 Å². The van der Waals surface area contributed by atoms with E-state index in [9.17, 15) is 45.6 Å². The van der Waals surface area contributed by atoms with E-state index in [4.69, 9.17) is 32.8 Å². The molecule has 0 bridgehead atoms. The Hall–Kier alpha value is -3.71. The van der Waals surface area contributed by atoms with Crippen LogP contribution in [0.5, 0.6) is 28.7 Å². The van der Waals surface area contributed by atoms with Crippen molar-refractivity contribution >= 4 is 11.0 Å². The Labute approximate surface area is 248 Å². The van der Waals surface area contributed by atoms with Gasteiger partial charge in [-0.2, -0.15) is 0 Å². The number of aromatic hydroxyl groups is 2. The van der Waals surface area contributed by atoms with Crippen molar-refractivity contribution in [1.29, 1.82) is 0 Å². The highest BCUT2D eigenvalue weighted by atomic mass is 16.7. The molecule has 0 saturated carbocycles. The fourth-order valence-corrected chi connectivity index (χ4v) is 5.01. The smallest absolute Gasteiger partial charge is 0.239 e. The molecule has 5 rings (SSSR count). The zero-order valence-electron chi connectivity index (χ0n) is 23.3. The van der Waals surface area contributed by atoms with Gasteiger partial charge < -0.3 is 73.7 Å². The second-order valence-corrected chi connectivity index (χ2v) is 10.2. The van der Waals surface area contributed by atoms with Crippen molar-refractivity contribution in [3.05, 3.63) is 40.6 Å². The van der Waals surface area contributed by atoms with Crippen molar-refractivity contribution in [2.45, 2.75) is 55.3 Å². The Morgan fingerprint density at radius 1 is 0.795 bits per heavy atom. The molecule has 2 saturated heterocycles. The number of hydrogen-bond donors (Lipinski definition) is 8. The van der Waals surface area contributed by atoms with Gasteiger partial charge in [-0.05, 0) is 18.2 Å². The van der Waals surface area contributed by atoms with Gasteiger partial charge in [0.25, 0.3) is 0 Å². The van der Waals surface area contributed by atoms with Crippen LogP contribution in [0.1, 0.15) is 0 Å². The average molecular weight is 625 g/mol. The highest BCUT2D eigenvalue weighted by Gasteiger charge is 2.47. The van der Waals surface area contributed by atoms with E-state index in [1.54, 1.807) is 0 Å². The summed E-state index contributed by atoms with van der Waals surface area (Å²) in [6, 6.07) is 6.48. The molecule has 3 heterocycles. The second kappa shape index (κ2) is 12.7. The normalized spacial score (nSPS) is 30.4. The van der Waals surface area contributed by atoms with Gasteiger partial charge in [0.05, 0.1) is 27.4 Å². The van der Waals surface area contributed by atoms with E-state index in [1.165, 1.54) is 38.5 Å². The summed E-state index contributed by atoms with van der Waals surface area (Å²) in [5.41, 5.74) is -0.672. The Morgan fingerprint density at radius 2 is 1.48 bits per heavy atom. The zero-order chi connectivity index (χ0) is 31.9. The van der Waals surface area contributed by atoms with Crippen LogP contribution in [0.15, 0.2) is 39.5 Å². The first kappa shape index (κ1) is 31.7. The molecule has 1 aromatic heterocycles. The van der Waals surface area contributed by atoms with Gasteiger partial charge in [0.1, 0.15) is 65.2 Å². The summed E-state index contributed by atoms with van der Waals surface area (Å²) in [5, 5.41) is 81.4. The van der Waals surface area contributed by atoms with Crippen molar-refractivity contribution in [3.8, 4) is 40.1 Å². The standard InChI is InChI=1S/C28H32O16/c1-38-14-4-3-10(5-12(14)30)25-26(39-2)21(34)18-13(31)6-11(7-15(18)42-25)41-28-24(37)22(35)20(33)17(44-28)9-40-27-23(36)19(32)16(8-29)43-27/h3-7,16-17,19-20,22-24,27-33,35-37H,8-9H2,1-2H3. The molecule has 16 heteroatoms. The maximum Gasteiger partial charge on any atom is 0.239 e. The molecule has 8 N–H and O–H groups in total. The zero-order valence-corrected chi connectivity index (χ0v) is 23.3. The van der Waals surface area contributed by atoms with E-state index in [1.807, 2.05) is 0 Å². The molecule has 0 spiro atoms. The summed E-state index contributed by atoms with van der Waals surface area (Å²) >= 11 is 0. The van der Waals surface area contributed by atoms with Crippen LogP contribution in [0.4, 0.5) is 0 Å². The minimum atomic E-state index is -1.80. The molecule has 0 amide bonds. The number of ether oxygens (including phenoxy) is 6. The van der Waals surface area contributed by atoms with E-state index < -0.39 is 79.7 Å². The molecule has 2 fully saturated rings. The van der Waals surface area contributed by atoms with E-state index in [-0.39, 0.29) is 45.3 Å². The van der Waals surface area contributed by atoms with E-state index in [0.29, 0.717) is 0 Å². The predicted octanol–water partition coefficient (Wildman–Crippen LogP) is -1.47. The summed E-state index contributed by atoms with van der Waals surface area (Å²) in [6.45, 7) is -1.09. The van der Waals surface area contributed by atoms with Gasteiger partial charge in [0.2, 0.25) is 17.5 Å². The van der Waals surface area contributed by atoms with Gasteiger partial charge >= 0.3 is 0 Å². The van der Waals surface area contributed by atoms with Crippen LogP contribution in [-0.2, 0) is 14.2 Å². The third-order valence-electron chi connectivity index (χ3n) is 7.40. The molecule has 2 aliphatic heterocycles. The number of aliphatic hydroxyl groups is 6. The lowest BCUT2D eigenvalue weighted by molar-refractivity contribution is -0.290. The lowest BCUT2D eigenvalue weighted by atomic mass is 9.99. The van der Waals surface area contributed by atoms with Gasteiger partial charge in [-0.1, -0.05) is 0 Å². The number of hydrogen-bond acceptors (Lipinski definition) is 16. The van der Waals surface area contributed by atoms with Crippen LogP contribution in [0.2, 0.25) is 0 Å². The summed E-state index contributed by atoms with van der Waals surface area (Å²) in [6.07, 6.45) is -13.7. The van der Waals surface area contributed by atoms with Gasteiger partial charge in [0.15, 0.2) is 23.5 Å². The summed E-state index contributed by atoms with van der Waals surface area (Å²) < 4.78 is 38.1. The summed E-state index contributed by atoms with van der Waals surface area (Å²) in [7, 11) is 2.60. The lowest BCUT2D eigenvalue weighted by Gasteiger charge is -2.40. The first-order chi connectivity index (χ1) is 21.0. The molecule has 0 radical (unpaired) electrons. The summed E-state index contributed by atoms with van der Waals surface area (Å²) in [4.78, 5) is 13.3. The van der Waals surface area contributed by atoms with Crippen LogP contribution in [-0.4, -0.2) is 124 Å². The molecule has 9 atom stereocenters. The molecule has 0 aliphatic carbocycles. The molecular weight excluding hydrogens is 592 g/mol. The van der Waals surface area contributed by atoms with Crippen molar-refractivity contribution in [1.82, 2.24) is 0 Å². The maximum absolute atomic E-state index is 13.3. The molecule has 9 unspecified atom stereocenters. The number of methoxy groups -OCH3 is 2. The van der Waals surface area contributed by atoms with E-state index in [0.717, 1.165) is 6.07 Å². The molecular formula is C28H32O16. The van der Waals surface area contributed by atoms with Gasteiger partial charge in [-0.25, -0.2) is 0 Å². The van der Waals surface area contributed by atoms with Gasteiger partial charge in [-0.15, -0.1) is 0 Å². The van der Waals surface area contributed by atoms with Crippen molar-refractivity contribution < 1.29 is 73.7 Å². The number of fused-ring (bicyclic) bond motifs is 1. The molecule has 44 heavy (non-hydrogen) atoms. The third kappa shape index (κ3) is 5.74. The average Bonchev–Trinajstić information content (AvgIpc) is 3.28. The number of rotatable bonds is 9. The molecule has 2 aromatic carbocycles. The number of benzene rings is 2. The maximum atomic E-state index is 13.3. The summed E-state index contributed by atoms with van der Waals surface area (Å²) in [5.74, 6) is -1.17. The fraction of sp³-hybridized carbons (Fsp3) is 0.464. The molecule has 3 aromatic rings. The second-order valence-electron chi connectivity index (χ2n) is 10.2. The Bertz CT molecular complexity index is 1540.